The minimum absolute atomic E-state index is 0.0250. The second-order valence-corrected chi connectivity index (χ2v) is 12.0. The fourth-order valence-electron chi connectivity index (χ4n) is 4.82. The Morgan fingerprint density at radius 2 is 1.56 bits per heavy atom. The number of carbonyl (C=O) groups excluding carboxylic acids is 1. The smallest absolute Gasteiger partial charge is 0.320 e. The highest BCUT2D eigenvalue weighted by atomic mass is 35.5. The number of hydrogen-bond donors (Lipinski definition) is 0. The van der Waals surface area contributed by atoms with Crippen LogP contribution in [0.2, 0.25) is 10.0 Å². The van der Waals surface area contributed by atoms with Gasteiger partial charge in [-0.15, -0.1) is 0 Å². The first-order valence-electron chi connectivity index (χ1n) is 12.4. The van der Waals surface area contributed by atoms with Crippen LogP contribution in [0.4, 0.5) is 0 Å². The molecule has 0 aromatic heterocycles. The van der Waals surface area contributed by atoms with Gasteiger partial charge in [-0.05, 0) is 37.0 Å². The van der Waals surface area contributed by atoms with Gasteiger partial charge < -0.3 is 9.64 Å². The first-order chi connectivity index (χ1) is 17.3. The molecular weight excluding hydrogens is 521 g/mol. The number of benzene rings is 2. The van der Waals surface area contributed by atoms with E-state index in [1.807, 2.05) is 6.07 Å². The second-order valence-electron chi connectivity index (χ2n) is 9.35. The number of nitrogens with zero attached hydrogens (tertiary/aromatic N) is 3. The summed E-state index contributed by atoms with van der Waals surface area (Å²) in [5.41, 5.74) is 1.33. The Bertz CT molecular complexity index is 1110. The van der Waals surface area contributed by atoms with Crippen LogP contribution in [0.3, 0.4) is 0 Å². The van der Waals surface area contributed by atoms with Crippen LogP contribution in [0.15, 0.2) is 53.4 Å². The van der Waals surface area contributed by atoms with Crippen molar-refractivity contribution < 1.29 is 17.9 Å². The van der Waals surface area contributed by atoms with Crippen LogP contribution in [-0.4, -0.2) is 87.0 Å². The molecule has 0 aliphatic carbocycles. The standard InChI is InChI=1S/C26H33Cl2N3O4S/c27-23-10-6-11-24(28)26(23)36(33,34)31-13-5-4-9-22(31)20-35-25(32)19-30-17-15-29(16-18-30)14-12-21-7-2-1-3-8-21/h1-3,6-8,10-11,22H,4-5,9,12-20H2. The monoisotopic (exact) mass is 553 g/mol. The van der Waals surface area contributed by atoms with Crippen LogP contribution >= 0.6 is 23.2 Å². The average molecular weight is 555 g/mol. The van der Waals surface area contributed by atoms with Crippen LogP contribution in [0, 0.1) is 0 Å². The molecule has 2 aromatic carbocycles. The lowest BCUT2D eigenvalue weighted by molar-refractivity contribution is -0.147. The summed E-state index contributed by atoms with van der Waals surface area (Å²) in [5, 5.41) is 0.179. The van der Waals surface area contributed by atoms with Gasteiger partial charge >= 0.3 is 5.97 Å². The quantitative estimate of drug-likeness (QED) is 0.438. The van der Waals surface area contributed by atoms with Gasteiger partial charge in [-0.2, -0.15) is 4.31 Å². The largest absolute Gasteiger partial charge is 0.463 e. The SMILES string of the molecule is O=C(CN1CCN(CCc2ccccc2)CC1)OCC1CCCCN1S(=O)(=O)c1c(Cl)cccc1Cl. The van der Waals surface area contributed by atoms with E-state index in [0.717, 1.165) is 52.0 Å². The second kappa shape index (κ2) is 12.7. The molecule has 2 fully saturated rings. The van der Waals surface area contributed by atoms with Crippen LogP contribution in [0.25, 0.3) is 0 Å². The predicted octanol–water partition coefficient (Wildman–Crippen LogP) is 3.94. The van der Waals surface area contributed by atoms with Gasteiger partial charge in [0.25, 0.3) is 0 Å². The molecule has 0 radical (unpaired) electrons. The van der Waals surface area contributed by atoms with Crippen molar-refractivity contribution in [3.8, 4) is 0 Å². The molecule has 10 heteroatoms. The average Bonchev–Trinajstić information content (AvgIpc) is 2.87. The summed E-state index contributed by atoms with van der Waals surface area (Å²) in [6, 6.07) is 14.7. The Morgan fingerprint density at radius 3 is 2.25 bits per heavy atom. The Labute approximate surface area is 224 Å². The zero-order chi connectivity index (χ0) is 25.5. The van der Waals surface area contributed by atoms with E-state index in [4.69, 9.17) is 27.9 Å². The van der Waals surface area contributed by atoms with Gasteiger partial charge in [0.05, 0.1) is 22.6 Å². The lowest BCUT2D eigenvalue weighted by Gasteiger charge is -2.35. The molecule has 2 saturated heterocycles. The lowest BCUT2D eigenvalue weighted by Crippen LogP contribution is -2.49. The number of piperazine rings is 1. The van der Waals surface area contributed by atoms with E-state index in [9.17, 15) is 13.2 Å². The third-order valence-electron chi connectivity index (χ3n) is 6.87. The Kier molecular flexibility index (Phi) is 9.66. The van der Waals surface area contributed by atoms with Crippen molar-refractivity contribution in [2.45, 2.75) is 36.6 Å². The molecule has 0 amide bonds. The molecule has 2 heterocycles. The number of ether oxygens (including phenoxy) is 1. The third-order valence-corrected chi connectivity index (χ3v) is 9.78. The molecule has 0 N–H and O–H groups in total. The van der Waals surface area contributed by atoms with E-state index in [1.54, 1.807) is 6.07 Å². The van der Waals surface area contributed by atoms with E-state index >= 15 is 0 Å². The molecular formula is C26H33Cl2N3O4S. The maximum absolute atomic E-state index is 13.4. The van der Waals surface area contributed by atoms with E-state index in [-0.39, 0.29) is 34.1 Å². The zero-order valence-electron chi connectivity index (χ0n) is 20.3. The summed E-state index contributed by atoms with van der Waals surface area (Å²) in [6.07, 6.45) is 3.24. The van der Waals surface area contributed by atoms with Gasteiger partial charge in [-0.1, -0.05) is 66.0 Å². The number of piperidine rings is 1. The molecule has 1 unspecified atom stereocenters. The van der Waals surface area contributed by atoms with Crippen LogP contribution in [0.1, 0.15) is 24.8 Å². The molecule has 0 spiro atoms. The molecule has 1 atom stereocenters. The predicted molar refractivity (Wildman–Crippen MR) is 142 cm³/mol. The maximum atomic E-state index is 13.4. The van der Waals surface area contributed by atoms with Crippen molar-refractivity contribution in [3.05, 3.63) is 64.1 Å². The lowest BCUT2D eigenvalue weighted by atomic mass is 10.1. The van der Waals surface area contributed by atoms with Crippen molar-refractivity contribution in [2.75, 3.05) is 52.4 Å². The minimum atomic E-state index is -3.92. The summed E-state index contributed by atoms with van der Waals surface area (Å²) >= 11 is 12.4. The zero-order valence-corrected chi connectivity index (χ0v) is 22.6. The first kappa shape index (κ1) is 27.4. The minimum Gasteiger partial charge on any atom is -0.463 e. The molecule has 4 rings (SSSR count). The molecule has 2 aliphatic heterocycles. The van der Waals surface area contributed by atoms with Crippen LogP contribution < -0.4 is 0 Å². The van der Waals surface area contributed by atoms with Gasteiger partial charge in [0.1, 0.15) is 11.5 Å². The topological polar surface area (TPSA) is 70.2 Å². The van der Waals surface area contributed by atoms with Crippen molar-refractivity contribution >= 4 is 39.2 Å². The molecule has 0 saturated carbocycles. The third kappa shape index (κ3) is 7.00. The summed E-state index contributed by atoms with van der Waals surface area (Å²) in [5.74, 6) is -0.327. The van der Waals surface area contributed by atoms with Gasteiger partial charge in [-0.25, -0.2) is 8.42 Å². The van der Waals surface area contributed by atoms with E-state index < -0.39 is 16.1 Å². The Hall–Kier alpha value is -1.68. The molecule has 2 aliphatic rings. The van der Waals surface area contributed by atoms with Crippen molar-refractivity contribution in [3.63, 3.8) is 0 Å². The van der Waals surface area contributed by atoms with Crippen LogP contribution in [-0.2, 0) is 26.0 Å². The number of hydrogen-bond acceptors (Lipinski definition) is 6. The molecule has 196 valence electrons. The normalized spacial score (nSPS) is 20.3. The fourth-order valence-corrected chi connectivity index (χ4v) is 7.60. The highest BCUT2D eigenvalue weighted by Crippen LogP contribution is 2.34. The number of sulfonamides is 1. The van der Waals surface area contributed by atoms with Gasteiger partial charge in [0.15, 0.2) is 0 Å². The van der Waals surface area contributed by atoms with E-state index in [2.05, 4.69) is 34.1 Å². The van der Waals surface area contributed by atoms with Gasteiger partial charge in [0.2, 0.25) is 10.0 Å². The van der Waals surface area contributed by atoms with Crippen molar-refractivity contribution in [1.82, 2.24) is 14.1 Å². The summed E-state index contributed by atoms with van der Waals surface area (Å²) in [6.45, 7) is 5.01. The number of halogens is 2. The summed E-state index contributed by atoms with van der Waals surface area (Å²) in [7, 11) is -3.92. The molecule has 7 nitrogen and oxygen atoms in total. The van der Waals surface area contributed by atoms with Crippen molar-refractivity contribution in [2.24, 2.45) is 0 Å². The fraction of sp³-hybridized carbons (Fsp3) is 0.500. The summed E-state index contributed by atoms with van der Waals surface area (Å²) < 4.78 is 33.7. The van der Waals surface area contributed by atoms with E-state index in [0.29, 0.717) is 13.0 Å². The highest BCUT2D eigenvalue weighted by molar-refractivity contribution is 7.89. The molecule has 2 aromatic rings. The highest BCUT2D eigenvalue weighted by Gasteiger charge is 2.36. The van der Waals surface area contributed by atoms with Crippen LogP contribution in [0.5, 0.6) is 0 Å². The van der Waals surface area contributed by atoms with Crippen molar-refractivity contribution in [1.29, 1.82) is 0 Å². The molecule has 36 heavy (non-hydrogen) atoms. The number of esters is 1. The Morgan fingerprint density at radius 1 is 0.889 bits per heavy atom. The maximum Gasteiger partial charge on any atom is 0.320 e. The summed E-state index contributed by atoms with van der Waals surface area (Å²) in [4.78, 5) is 17.0. The number of rotatable bonds is 9. The first-order valence-corrected chi connectivity index (χ1v) is 14.6. The van der Waals surface area contributed by atoms with E-state index in [1.165, 1.54) is 22.0 Å². The Balaban J connectivity index is 1.25. The van der Waals surface area contributed by atoms with Gasteiger partial charge in [0, 0.05) is 39.3 Å². The molecule has 0 bridgehead atoms. The van der Waals surface area contributed by atoms with Gasteiger partial charge in [-0.3, -0.25) is 9.69 Å². The number of carbonyl (C=O) groups is 1.